The van der Waals surface area contributed by atoms with Gasteiger partial charge in [0.25, 0.3) is 11.1 Å². The van der Waals surface area contributed by atoms with Gasteiger partial charge in [-0.2, -0.15) is 8.42 Å². The predicted molar refractivity (Wildman–Crippen MR) is 129 cm³/mol. The summed E-state index contributed by atoms with van der Waals surface area (Å²) in [5.74, 6) is -0.510. The summed E-state index contributed by atoms with van der Waals surface area (Å²) in [7, 11) is -4.08. The van der Waals surface area contributed by atoms with Crippen LogP contribution in [-0.2, 0) is 21.5 Å². The van der Waals surface area contributed by atoms with Gasteiger partial charge in [0.1, 0.15) is 10.6 Å². The molecule has 10 heteroatoms. The number of nitrogens with zero attached hydrogens (tertiary/aromatic N) is 1. The van der Waals surface area contributed by atoms with Crippen molar-refractivity contribution in [1.82, 2.24) is 4.90 Å². The van der Waals surface area contributed by atoms with Gasteiger partial charge in [-0.15, -0.1) is 0 Å². The molecule has 0 unspecified atom stereocenters. The Balaban J connectivity index is 1.61. The maximum atomic E-state index is 12.9. The van der Waals surface area contributed by atoms with E-state index in [1.165, 1.54) is 24.3 Å². The van der Waals surface area contributed by atoms with Crippen LogP contribution >= 0.6 is 35.0 Å². The summed E-state index contributed by atoms with van der Waals surface area (Å²) >= 11 is 13.1. The predicted octanol–water partition coefficient (Wildman–Crippen LogP) is 6.00. The van der Waals surface area contributed by atoms with Gasteiger partial charge in [0, 0.05) is 21.2 Å². The normalized spacial score (nSPS) is 15.3. The highest BCUT2D eigenvalue weighted by molar-refractivity contribution is 8.18. The van der Waals surface area contributed by atoms with Crippen molar-refractivity contribution < 1.29 is 22.2 Å². The summed E-state index contributed by atoms with van der Waals surface area (Å²) < 4.78 is 30.6. The first-order valence-corrected chi connectivity index (χ1v) is 12.5. The average molecular weight is 520 g/mol. The number of halogens is 2. The van der Waals surface area contributed by atoms with Gasteiger partial charge in [0.05, 0.1) is 11.4 Å². The Kier molecular flexibility index (Phi) is 6.81. The van der Waals surface area contributed by atoms with E-state index < -0.39 is 21.3 Å². The molecule has 1 heterocycles. The molecule has 0 N–H and O–H groups in total. The standard InChI is InChI=1S/C23H15Cl2NO5S2/c24-18-10-6-11-19(25)17(18)14-26-22(27)21(32-23(26)28)13-15-7-4-5-12-20(15)31-33(29,30)16-8-2-1-3-9-16/h1-13H,14H2/b21-13-. The molecule has 0 aromatic heterocycles. The Morgan fingerprint density at radius 1 is 0.879 bits per heavy atom. The van der Waals surface area contributed by atoms with Crippen molar-refractivity contribution >= 4 is 62.3 Å². The summed E-state index contributed by atoms with van der Waals surface area (Å²) in [6.45, 7) is -0.0823. The summed E-state index contributed by atoms with van der Waals surface area (Å²) in [5.41, 5.74) is 0.792. The topological polar surface area (TPSA) is 80.8 Å². The van der Waals surface area contributed by atoms with E-state index in [4.69, 9.17) is 27.4 Å². The number of carbonyl (C=O) groups is 2. The van der Waals surface area contributed by atoms with Gasteiger partial charge in [0.15, 0.2) is 0 Å². The molecule has 1 aliphatic heterocycles. The van der Waals surface area contributed by atoms with Crippen LogP contribution in [0.1, 0.15) is 11.1 Å². The minimum atomic E-state index is -4.08. The summed E-state index contributed by atoms with van der Waals surface area (Å²) in [5, 5.41) is 0.198. The summed E-state index contributed by atoms with van der Waals surface area (Å²) in [6, 6.07) is 19.0. The largest absolute Gasteiger partial charge is 0.378 e. The van der Waals surface area contributed by atoms with E-state index in [1.807, 2.05) is 0 Å². The monoisotopic (exact) mass is 519 g/mol. The highest BCUT2D eigenvalue weighted by Gasteiger charge is 2.36. The van der Waals surface area contributed by atoms with Crippen LogP contribution < -0.4 is 4.18 Å². The number of hydrogen-bond acceptors (Lipinski definition) is 6. The van der Waals surface area contributed by atoms with Gasteiger partial charge < -0.3 is 4.18 Å². The zero-order valence-electron chi connectivity index (χ0n) is 16.8. The van der Waals surface area contributed by atoms with E-state index in [0.29, 0.717) is 21.2 Å². The molecule has 0 radical (unpaired) electrons. The number of hydrogen-bond donors (Lipinski definition) is 0. The number of amides is 2. The van der Waals surface area contributed by atoms with Crippen molar-refractivity contribution in [2.75, 3.05) is 0 Å². The lowest BCUT2D eigenvalue weighted by atomic mass is 10.1. The molecule has 3 aromatic carbocycles. The van der Waals surface area contributed by atoms with Gasteiger partial charge in [0.2, 0.25) is 0 Å². The van der Waals surface area contributed by atoms with Crippen LogP contribution in [0.15, 0.2) is 82.6 Å². The minimum absolute atomic E-state index is 0.00301. The Labute approximate surface area is 204 Å². The highest BCUT2D eigenvalue weighted by atomic mass is 35.5. The molecular weight excluding hydrogens is 505 g/mol. The lowest BCUT2D eigenvalue weighted by Gasteiger charge is -2.14. The van der Waals surface area contributed by atoms with Crippen LogP contribution in [-0.4, -0.2) is 24.5 Å². The zero-order chi connectivity index (χ0) is 23.6. The van der Waals surface area contributed by atoms with Gasteiger partial charge in [-0.1, -0.05) is 65.7 Å². The molecule has 4 rings (SSSR count). The first-order valence-electron chi connectivity index (χ1n) is 9.53. The Hall–Kier alpha value is -2.78. The number of benzene rings is 3. The molecule has 2 amide bonds. The van der Waals surface area contributed by atoms with E-state index >= 15 is 0 Å². The maximum absolute atomic E-state index is 12.9. The lowest BCUT2D eigenvalue weighted by molar-refractivity contribution is -0.123. The third-order valence-electron chi connectivity index (χ3n) is 4.69. The number of rotatable bonds is 6. The maximum Gasteiger partial charge on any atom is 0.339 e. The van der Waals surface area contributed by atoms with Crippen LogP contribution in [0.5, 0.6) is 5.75 Å². The molecule has 1 fully saturated rings. The summed E-state index contributed by atoms with van der Waals surface area (Å²) in [4.78, 5) is 26.6. The van der Waals surface area contributed by atoms with E-state index in [0.717, 1.165) is 16.7 Å². The Bertz CT molecular complexity index is 1350. The van der Waals surface area contributed by atoms with Crippen LogP contribution in [0.3, 0.4) is 0 Å². The van der Waals surface area contributed by atoms with E-state index in [9.17, 15) is 18.0 Å². The smallest absolute Gasteiger partial charge is 0.339 e. The van der Waals surface area contributed by atoms with Gasteiger partial charge in [-0.25, -0.2) is 0 Å². The van der Waals surface area contributed by atoms with Gasteiger partial charge in [-0.05, 0) is 48.2 Å². The van der Waals surface area contributed by atoms with E-state index in [-0.39, 0.29) is 22.1 Å². The van der Waals surface area contributed by atoms with Crippen molar-refractivity contribution in [3.8, 4) is 5.75 Å². The van der Waals surface area contributed by atoms with E-state index in [1.54, 1.807) is 54.6 Å². The molecular formula is C23H15Cl2NO5S2. The number of carbonyl (C=O) groups excluding carboxylic acids is 2. The molecule has 0 aliphatic carbocycles. The minimum Gasteiger partial charge on any atom is -0.378 e. The molecule has 0 atom stereocenters. The fraction of sp³-hybridized carbons (Fsp3) is 0.0435. The second kappa shape index (κ2) is 9.61. The SMILES string of the molecule is O=C1S/C(=C\c2ccccc2OS(=O)(=O)c2ccccc2)C(=O)N1Cc1c(Cl)cccc1Cl. The number of thioether (sulfide) groups is 1. The number of para-hydroxylation sites is 1. The first kappa shape index (κ1) is 23.4. The van der Waals surface area contributed by atoms with Gasteiger partial charge in [-0.3, -0.25) is 14.5 Å². The Morgan fingerprint density at radius 2 is 1.52 bits per heavy atom. The average Bonchev–Trinajstić information content (AvgIpc) is 3.05. The van der Waals surface area contributed by atoms with Crippen molar-refractivity contribution in [3.63, 3.8) is 0 Å². The third-order valence-corrected chi connectivity index (χ3v) is 7.55. The summed E-state index contributed by atoms with van der Waals surface area (Å²) in [6.07, 6.45) is 1.43. The molecule has 1 saturated heterocycles. The molecule has 1 aliphatic rings. The quantitative estimate of drug-likeness (QED) is 0.293. The molecule has 6 nitrogen and oxygen atoms in total. The van der Waals surface area contributed by atoms with Crippen LogP contribution in [0.2, 0.25) is 10.0 Å². The highest BCUT2D eigenvalue weighted by Crippen LogP contribution is 2.37. The van der Waals surface area contributed by atoms with Crippen molar-refractivity contribution in [1.29, 1.82) is 0 Å². The van der Waals surface area contributed by atoms with E-state index in [2.05, 4.69) is 0 Å². The second-order valence-electron chi connectivity index (χ2n) is 6.86. The van der Waals surface area contributed by atoms with Crippen molar-refractivity contribution in [2.24, 2.45) is 0 Å². The van der Waals surface area contributed by atoms with Gasteiger partial charge >= 0.3 is 10.1 Å². The molecule has 0 saturated carbocycles. The second-order valence-corrected chi connectivity index (χ2v) is 10.2. The van der Waals surface area contributed by atoms with Crippen LogP contribution in [0, 0.1) is 0 Å². The molecule has 168 valence electrons. The molecule has 0 bridgehead atoms. The number of imide groups is 1. The third kappa shape index (κ3) is 5.09. The van der Waals surface area contributed by atoms with Crippen LogP contribution in [0.25, 0.3) is 6.08 Å². The first-order chi connectivity index (χ1) is 15.8. The van der Waals surface area contributed by atoms with Crippen molar-refractivity contribution in [3.05, 3.63) is 98.9 Å². The zero-order valence-corrected chi connectivity index (χ0v) is 19.9. The Morgan fingerprint density at radius 3 is 2.21 bits per heavy atom. The fourth-order valence-electron chi connectivity index (χ4n) is 3.05. The van der Waals surface area contributed by atoms with Crippen molar-refractivity contribution in [2.45, 2.75) is 11.4 Å². The molecule has 3 aromatic rings. The molecule has 0 spiro atoms. The van der Waals surface area contributed by atoms with Crippen LogP contribution in [0.4, 0.5) is 4.79 Å². The molecule has 33 heavy (non-hydrogen) atoms. The fourth-order valence-corrected chi connectivity index (χ4v) is 5.37. The lowest BCUT2D eigenvalue weighted by Crippen LogP contribution is -2.27.